The summed E-state index contributed by atoms with van der Waals surface area (Å²) in [5, 5.41) is 3.05. The maximum Gasteiger partial charge on any atom is 0.244 e. The Morgan fingerprint density at radius 3 is 2.81 bits per heavy atom. The summed E-state index contributed by atoms with van der Waals surface area (Å²) < 4.78 is 33.5. The minimum Gasteiger partial charge on any atom is -0.381 e. The number of rotatable bonds is 7. The zero-order valence-corrected chi connectivity index (χ0v) is 14.5. The number of ether oxygens (including phenoxy) is 1. The van der Waals surface area contributed by atoms with Crippen LogP contribution in [-0.4, -0.2) is 39.2 Å². The molecule has 1 saturated carbocycles. The van der Waals surface area contributed by atoms with Crippen LogP contribution in [-0.2, 0) is 14.8 Å². The van der Waals surface area contributed by atoms with Crippen LogP contribution in [0.2, 0.25) is 0 Å². The number of hydrogen-bond acceptors (Lipinski definition) is 5. The molecule has 118 valence electrons. The second-order valence-electron chi connectivity index (χ2n) is 5.07. The van der Waals surface area contributed by atoms with Crippen LogP contribution in [0.4, 0.5) is 5.82 Å². The molecule has 1 aliphatic rings. The van der Waals surface area contributed by atoms with Gasteiger partial charge in [0, 0.05) is 30.4 Å². The number of nitrogens with zero attached hydrogens (tertiary/aromatic N) is 1. The van der Waals surface area contributed by atoms with Gasteiger partial charge in [-0.25, -0.2) is 18.1 Å². The van der Waals surface area contributed by atoms with Gasteiger partial charge in [0.15, 0.2) is 0 Å². The van der Waals surface area contributed by atoms with E-state index in [1.54, 1.807) is 19.4 Å². The van der Waals surface area contributed by atoms with Gasteiger partial charge < -0.3 is 10.1 Å². The van der Waals surface area contributed by atoms with Gasteiger partial charge in [0.2, 0.25) is 10.0 Å². The van der Waals surface area contributed by atoms with E-state index in [2.05, 4.69) is 31.0 Å². The summed E-state index contributed by atoms with van der Waals surface area (Å²) in [6.07, 6.45) is 4.03. The van der Waals surface area contributed by atoms with E-state index in [0.29, 0.717) is 29.7 Å². The molecule has 0 spiro atoms. The first kappa shape index (κ1) is 16.7. The lowest BCUT2D eigenvalue weighted by Gasteiger charge is -2.34. The standard InChI is InChI=1S/C13H20BrN3O3S/c1-3-4-15-13-12(5-9(14)8-16-13)21(18,19)17-10-6-11(7-10)20-2/h5,8,10-11,17H,3-4,6-7H2,1-2H3,(H,15,16). The molecule has 0 saturated heterocycles. The van der Waals surface area contributed by atoms with Crippen molar-refractivity contribution in [3.63, 3.8) is 0 Å². The van der Waals surface area contributed by atoms with Crippen molar-refractivity contribution in [3.8, 4) is 0 Å². The molecule has 1 aromatic rings. The topological polar surface area (TPSA) is 80.3 Å². The highest BCUT2D eigenvalue weighted by atomic mass is 79.9. The predicted molar refractivity (Wildman–Crippen MR) is 84.9 cm³/mol. The average Bonchev–Trinajstić information content (AvgIpc) is 2.41. The van der Waals surface area contributed by atoms with Crippen LogP contribution < -0.4 is 10.0 Å². The van der Waals surface area contributed by atoms with Gasteiger partial charge >= 0.3 is 0 Å². The van der Waals surface area contributed by atoms with Crippen molar-refractivity contribution in [2.45, 2.75) is 43.2 Å². The summed E-state index contributed by atoms with van der Waals surface area (Å²) in [7, 11) is -1.96. The molecular formula is C13H20BrN3O3S. The van der Waals surface area contributed by atoms with Crippen LogP contribution in [0.3, 0.4) is 0 Å². The third kappa shape index (κ3) is 4.15. The molecule has 21 heavy (non-hydrogen) atoms. The minimum atomic E-state index is -3.60. The third-order valence-electron chi connectivity index (χ3n) is 3.40. The van der Waals surface area contributed by atoms with Crippen molar-refractivity contribution in [3.05, 3.63) is 16.7 Å². The monoisotopic (exact) mass is 377 g/mol. The minimum absolute atomic E-state index is 0.0713. The quantitative estimate of drug-likeness (QED) is 0.760. The first-order chi connectivity index (χ1) is 9.96. The molecule has 1 fully saturated rings. The van der Waals surface area contributed by atoms with Crippen LogP contribution in [0, 0.1) is 0 Å². The molecule has 0 atom stereocenters. The summed E-state index contributed by atoms with van der Waals surface area (Å²) in [5.74, 6) is 0.384. The molecule has 0 bridgehead atoms. The molecule has 1 aliphatic carbocycles. The van der Waals surface area contributed by atoms with Gasteiger partial charge in [-0.05, 0) is 41.3 Å². The molecule has 6 nitrogen and oxygen atoms in total. The van der Waals surface area contributed by atoms with E-state index in [9.17, 15) is 8.42 Å². The van der Waals surface area contributed by atoms with E-state index in [4.69, 9.17) is 4.74 Å². The summed E-state index contributed by atoms with van der Waals surface area (Å²) in [6, 6.07) is 1.50. The maximum absolute atomic E-state index is 12.5. The fourth-order valence-corrected chi connectivity index (χ4v) is 4.04. The van der Waals surface area contributed by atoms with Crippen molar-refractivity contribution in [2.24, 2.45) is 0 Å². The Labute approximate surface area is 133 Å². The van der Waals surface area contributed by atoms with Gasteiger partial charge in [-0.1, -0.05) is 6.92 Å². The molecule has 1 aromatic heterocycles. The Balaban J connectivity index is 2.16. The van der Waals surface area contributed by atoms with Gasteiger partial charge in [0.1, 0.15) is 10.7 Å². The molecule has 0 aromatic carbocycles. The Kier molecular flexibility index (Phi) is 5.59. The van der Waals surface area contributed by atoms with E-state index < -0.39 is 10.0 Å². The molecular weight excluding hydrogens is 358 g/mol. The molecule has 0 amide bonds. The lowest BCUT2D eigenvalue weighted by Crippen LogP contribution is -2.47. The smallest absolute Gasteiger partial charge is 0.244 e. The van der Waals surface area contributed by atoms with Gasteiger partial charge in [-0.15, -0.1) is 0 Å². The highest BCUT2D eigenvalue weighted by molar-refractivity contribution is 9.10. The SMILES string of the molecule is CCCNc1ncc(Br)cc1S(=O)(=O)NC1CC(OC)C1. The second kappa shape index (κ2) is 7.04. The van der Waals surface area contributed by atoms with E-state index in [0.717, 1.165) is 6.42 Å². The van der Waals surface area contributed by atoms with Crippen LogP contribution in [0.1, 0.15) is 26.2 Å². The number of hydrogen-bond donors (Lipinski definition) is 2. The number of pyridine rings is 1. The third-order valence-corrected chi connectivity index (χ3v) is 5.37. The van der Waals surface area contributed by atoms with E-state index in [-0.39, 0.29) is 17.0 Å². The number of halogens is 1. The van der Waals surface area contributed by atoms with Crippen LogP contribution in [0.15, 0.2) is 21.6 Å². The Hall–Kier alpha value is -0.700. The number of nitrogens with one attached hydrogen (secondary N) is 2. The number of methoxy groups -OCH3 is 1. The van der Waals surface area contributed by atoms with Gasteiger partial charge in [0.05, 0.1) is 6.10 Å². The van der Waals surface area contributed by atoms with Crippen LogP contribution in [0.5, 0.6) is 0 Å². The number of aromatic nitrogens is 1. The normalized spacial score (nSPS) is 21.9. The first-order valence-corrected chi connectivity index (χ1v) is 9.18. The van der Waals surface area contributed by atoms with Crippen molar-refractivity contribution in [1.82, 2.24) is 9.71 Å². The highest BCUT2D eigenvalue weighted by Gasteiger charge is 2.33. The number of anilines is 1. The predicted octanol–water partition coefficient (Wildman–Crippen LogP) is 2.12. The Bertz CT molecular complexity index is 588. The molecule has 1 heterocycles. The zero-order valence-electron chi connectivity index (χ0n) is 12.1. The number of sulfonamides is 1. The van der Waals surface area contributed by atoms with E-state index >= 15 is 0 Å². The van der Waals surface area contributed by atoms with Crippen LogP contribution in [0.25, 0.3) is 0 Å². The molecule has 0 unspecified atom stereocenters. The lowest BCUT2D eigenvalue weighted by atomic mass is 9.90. The first-order valence-electron chi connectivity index (χ1n) is 6.90. The highest BCUT2D eigenvalue weighted by Crippen LogP contribution is 2.27. The zero-order chi connectivity index (χ0) is 15.5. The van der Waals surface area contributed by atoms with E-state index in [1.165, 1.54) is 0 Å². The van der Waals surface area contributed by atoms with Gasteiger partial charge in [-0.2, -0.15) is 0 Å². The van der Waals surface area contributed by atoms with Gasteiger partial charge in [0.25, 0.3) is 0 Å². The van der Waals surface area contributed by atoms with Crippen molar-refractivity contribution in [2.75, 3.05) is 19.0 Å². The molecule has 0 radical (unpaired) electrons. The molecule has 8 heteroatoms. The van der Waals surface area contributed by atoms with Crippen molar-refractivity contribution >= 4 is 31.8 Å². The summed E-state index contributed by atoms with van der Waals surface area (Å²) in [5.41, 5.74) is 0. The summed E-state index contributed by atoms with van der Waals surface area (Å²) >= 11 is 3.27. The summed E-state index contributed by atoms with van der Waals surface area (Å²) in [4.78, 5) is 4.33. The largest absolute Gasteiger partial charge is 0.381 e. The average molecular weight is 378 g/mol. The fraction of sp³-hybridized carbons (Fsp3) is 0.615. The maximum atomic E-state index is 12.5. The van der Waals surface area contributed by atoms with Crippen molar-refractivity contribution in [1.29, 1.82) is 0 Å². The lowest BCUT2D eigenvalue weighted by molar-refractivity contribution is 0.0236. The fourth-order valence-electron chi connectivity index (χ4n) is 2.14. The summed E-state index contributed by atoms with van der Waals surface area (Å²) in [6.45, 7) is 2.68. The molecule has 2 rings (SSSR count). The Morgan fingerprint density at radius 1 is 1.48 bits per heavy atom. The molecule has 2 N–H and O–H groups in total. The van der Waals surface area contributed by atoms with Crippen molar-refractivity contribution < 1.29 is 13.2 Å². The molecule has 0 aliphatic heterocycles. The van der Waals surface area contributed by atoms with E-state index in [1.807, 2.05) is 6.92 Å². The Morgan fingerprint density at radius 2 is 2.19 bits per heavy atom. The second-order valence-corrected chi connectivity index (χ2v) is 7.67. The van der Waals surface area contributed by atoms with Crippen LogP contribution >= 0.6 is 15.9 Å². The van der Waals surface area contributed by atoms with Gasteiger partial charge in [-0.3, -0.25) is 0 Å².